The molecule has 2 rings (SSSR count). The Balaban J connectivity index is 2.32. The van der Waals surface area contributed by atoms with Gasteiger partial charge < -0.3 is 25.6 Å². The topological polar surface area (TPSA) is 113 Å². The molecule has 21 heavy (non-hydrogen) atoms. The Kier molecular flexibility index (Phi) is 4.62. The second-order valence-electron chi connectivity index (χ2n) is 5.38. The second kappa shape index (κ2) is 5.96. The van der Waals surface area contributed by atoms with Gasteiger partial charge >= 0.3 is 5.97 Å². The lowest BCUT2D eigenvalue weighted by Crippen LogP contribution is -2.57. The number of hydrogen-bond donors (Lipinski definition) is 3. The van der Waals surface area contributed by atoms with Gasteiger partial charge in [0.2, 0.25) is 5.91 Å². The van der Waals surface area contributed by atoms with Crippen molar-refractivity contribution in [2.75, 3.05) is 19.1 Å². The molecule has 0 radical (unpaired) electrons. The second-order valence-corrected chi connectivity index (χ2v) is 6.32. The lowest BCUT2D eigenvalue weighted by atomic mass is 9.74. The van der Waals surface area contributed by atoms with Crippen molar-refractivity contribution < 1.29 is 24.5 Å². The number of amides is 1. The maximum Gasteiger partial charge on any atom is 0.353 e. The molecule has 1 fully saturated rings. The van der Waals surface area contributed by atoms with Crippen LogP contribution in [0.15, 0.2) is 10.6 Å². The van der Waals surface area contributed by atoms with Gasteiger partial charge in [-0.15, -0.1) is 0 Å². The van der Waals surface area contributed by atoms with Gasteiger partial charge in [0, 0.05) is 23.3 Å². The highest BCUT2D eigenvalue weighted by Crippen LogP contribution is 2.56. The SMILES string of the molecule is CC(O)[C@]1(C)C(SCOCCN)=C(C(=O)O)N2C(=O)C[C@H]21. The first-order valence-corrected chi connectivity index (χ1v) is 7.73. The van der Waals surface area contributed by atoms with Gasteiger partial charge in [-0.3, -0.25) is 4.79 Å². The number of thioether (sulfide) groups is 1. The highest BCUT2D eigenvalue weighted by atomic mass is 32.2. The Morgan fingerprint density at radius 2 is 2.33 bits per heavy atom. The third kappa shape index (κ3) is 2.46. The number of β-lactam (4-membered cyclic amide) rings is 1. The Bertz CT molecular complexity index is 493. The summed E-state index contributed by atoms with van der Waals surface area (Å²) in [4.78, 5) is 25.1. The smallest absolute Gasteiger partial charge is 0.353 e. The van der Waals surface area contributed by atoms with E-state index in [9.17, 15) is 19.8 Å². The van der Waals surface area contributed by atoms with Crippen molar-refractivity contribution in [2.24, 2.45) is 11.1 Å². The monoisotopic (exact) mass is 316 g/mol. The minimum atomic E-state index is -1.15. The molecule has 118 valence electrons. The number of carboxylic acid groups (broad SMARTS) is 1. The number of nitrogens with zero attached hydrogens (tertiary/aromatic N) is 1. The molecular formula is C13H20N2O5S. The summed E-state index contributed by atoms with van der Waals surface area (Å²) in [6.45, 7) is 4.17. The van der Waals surface area contributed by atoms with Crippen LogP contribution >= 0.6 is 11.8 Å². The zero-order chi connectivity index (χ0) is 15.8. The van der Waals surface area contributed by atoms with E-state index < -0.39 is 17.5 Å². The van der Waals surface area contributed by atoms with Crippen LogP contribution in [-0.2, 0) is 14.3 Å². The van der Waals surface area contributed by atoms with Crippen LogP contribution in [0.4, 0.5) is 0 Å². The zero-order valence-electron chi connectivity index (χ0n) is 12.0. The van der Waals surface area contributed by atoms with E-state index >= 15 is 0 Å². The van der Waals surface area contributed by atoms with Crippen LogP contribution in [-0.4, -0.2) is 58.2 Å². The summed E-state index contributed by atoms with van der Waals surface area (Å²) in [7, 11) is 0. The number of aliphatic hydroxyl groups is 1. The highest BCUT2D eigenvalue weighted by molar-refractivity contribution is 8.03. The summed E-state index contributed by atoms with van der Waals surface area (Å²) >= 11 is 1.21. The average Bonchev–Trinajstić information content (AvgIpc) is 2.61. The molecule has 0 bridgehead atoms. The number of carbonyl (C=O) groups excluding carboxylic acids is 1. The van der Waals surface area contributed by atoms with E-state index in [1.165, 1.54) is 16.7 Å². The number of carboxylic acids is 1. The number of ether oxygens (including phenoxy) is 1. The van der Waals surface area contributed by atoms with Gasteiger partial charge in [0.05, 0.1) is 24.7 Å². The Morgan fingerprint density at radius 3 is 2.81 bits per heavy atom. The third-order valence-corrected chi connectivity index (χ3v) is 5.41. The van der Waals surface area contributed by atoms with Crippen molar-refractivity contribution in [3.63, 3.8) is 0 Å². The highest BCUT2D eigenvalue weighted by Gasteiger charge is 2.61. The van der Waals surface area contributed by atoms with Crippen molar-refractivity contribution in [3.8, 4) is 0 Å². The summed E-state index contributed by atoms with van der Waals surface area (Å²) in [5.41, 5.74) is 4.53. The summed E-state index contributed by atoms with van der Waals surface area (Å²) in [5.74, 6) is -1.14. The molecule has 8 heteroatoms. The normalized spacial score (nSPS) is 29.4. The quantitative estimate of drug-likeness (QED) is 0.343. The van der Waals surface area contributed by atoms with Crippen molar-refractivity contribution in [1.82, 2.24) is 4.90 Å². The molecular weight excluding hydrogens is 296 g/mol. The van der Waals surface area contributed by atoms with Crippen molar-refractivity contribution >= 4 is 23.6 Å². The van der Waals surface area contributed by atoms with Crippen LogP contribution in [0.3, 0.4) is 0 Å². The maximum atomic E-state index is 11.7. The van der Waals surface area contributed by atoms with Gasteiger partial charge in [-0.2, -0.15) is 0 Å². The first kappa shape index (κ1) is 16.3. The molecule has 0 spiro atoms. The maximum absolute atomic E-state index is 11.7. The molecule has 1 saturated heterocycles. The standard InChI is InChI=1S/C13H20N2O5S/c1-7(16)13(2)8-5-9(17)15(8)10(12(18)19)11(13)21-6-20-4-3-14/h7-8,16H,3-6,14H2,1-2H3,(H,18,19)/t7?,8-,13-/m0/s1. The molecule has 0 aromatic heterocycles. The van der Waals surface area contributed by atoms with Crippen LogP contribution in [0.25, 0.3) is 0 Å². The van der Waals surface area contributed by atoms with Crippen molar-refractivity contribution in [2.45, 2.75) is 32.4 Å². The molecule has 4 N–H and O–H groups in total. The summed E-state index contributed by atoms with van der Waals surface area (Å²) in [6.07, 6.45) is -0.515. The number of nitrogens with two attached hydrogens (primary N) is 1. The first-order valence-electron chi connectivity index (χ1n) is 6.74. The number of aliphatic hydroxyl groups excluding tert-OH is 1. The first-order chi connectivity index (χ1) is 9.85. The van der Waals surface area contributed by atoms with Crippen LogP contribution in [0.5, 0.6) is 0 Å². The number of carbonyl (C=O) groups is 2. The van der Waals surface area contributed by atoms with Crippen molar-refractivity contribution in [3.05, 3.63) is 10.6 Å². The zero-order valence-corrected chi connectivity index (χ0v) is 12.9. The van der Waals surface area contributed by atoms with E-state index in [0.29, 0.717) is 18.1 Å². The fourth-order valence-electron chi connectivity index (χ4n) is 2.83. The Morgan fingerprint density at radius 1 is 1.67 bits per heavy atom. The molecule has 3 atom stereocenters. The number of rotatable bonds is 7. The predicted molar refractivity (Wildman–Crippen MR) is 77.2 cm³/mol. The van der Waals surface area contributed by atoms with Crippen molar-refractivity contribution in [1.29, 1.82) is 0 Å². The summed E-state index contributed by atoms with van der Waals surface area (Å²) < 4.78 is 5.29. The molecule has 1 unspecified atom stereocenters. The fourth-order valence-corrected chi connectivity index (χ4v) is 4.09. The molecule has 2 aliphatic rings. The van der Waals surface area contributed by atoms with Crippen LogP contribution in [0.2, 0.25) is 0 Å². The van der Waals surface area contributed by atoms with Crippen LogP contribution < -0.4 is 5.73 Å². The van der Waals surface area contributed by atoms with Crippen LogP contribution in [0, 0.1) is 5.41 Å². The van der Waals surface area contributed by atoms with E-state index in [0.717, 1.165) is 0 Å². The molecule has 1 amide bonds. The van der Waals surface area contributed by atoms with Gasteiger partial charge in [-0.1, -0.05) is 18.7 Å². The van der Waals surface area contributed by atoms with Gasteiger partial charge in [0.15, 0.2) is 0 Å². The molecule has 2 heterocycles. The van der Waals surface area contributed by atoms with E-state index in [1.807, 2.05) is 0 Å². The van der Waals surface area contributed by atoms with E-state index in [1.54, 1.807) is 13.8 Å². The van der Waals surface area contributed by atoms with Gasteiger partial charge in [0.25, 0.3) is 0 Å². The number of hydrogen-bond acceptors (Lipinski definition) is 6. The van der Waals surface area contributed by atoms with E-state index in [4.69, 9.17) is 10.5 Å². The van der Waals surface area contributed by atoms with Crippen LogP contribution in [0.1, 0.15) is 20.3 Å². The molecule has 2 aliphatic heterocycles. The Hall–Kier alpha value is -1.09. The third-order valence-electron chi connectivity index (χ3n) is 4.21. The molecule has 0 aromatic carbocycles. The molecule has 7 nitrogen and oxygen atoms in total. The van der Waals surface area contributed by atoms with Gasteiger partial charge in [0.1, 0.15) is 5.70 Å². The summed E-state index contributed by atoms with van der Waals surface area (Å²) in [5, 5.41) is 19.6. The van der Waals surface area contributed by atoms with E-state index in [2.05, 4.69) is 0 Å². The van der Waals surface area contributed by atoms with Gasteiger partial charge in [-0.05, 0) is 6.92 Å². The minimum absolute atomic E-state index is 0.0269. The lowest BCUT2D eigenvalue weighted by molar-refractivity contribution is -0.152. The molecule has 0 aromatic rings. The molecule has 0 aliphatic carbocycles. The molecule has 0 saturated carbocycles. The number of aliphatic carboxylic acids is 1. The average molecular weight is 316 g/mol. The summed E-state index contributed by atoms with van der Waals surface area (Å²) in [6, 6.07) is -0.298. The largest absolute Gasteiger partial charge is 0.477 e. The lowest BCUT2D eigenvalue weighted by Gasteiger charge is -2.45. The minimum Gasteiger partial charge on any atom is -0.477 e. The predicted octanol–water partition coefficient (Wildman–Crippen LogP) is -0.0498. The van der Waals surface area contributed by atoms with Gasteiger partial charge in [-0.25, -0.2) is 4.79 Å². The van der Waals surface area contributed by atoms with E-state index in [-0.39, 0.29) is 30.0 Å². The Labute approximate surface area is 127 Å². The fraction of sp³-hybridized carbons (Fsp3) is 0.692. The number of fused-ring (bicyclic) bond motifs is 1.